The molecule has 0 bridgehead atoms. The molecule has 4 aliphatic rings. The van der Waals surface area contributed by atoms with Crippen LogP contribution in [0, 0.1) is 11.7 Å². The van der Waals surface area contributed by atoms with E-state index >= 15 is 4.39 Å². The van der Waals surface area contributed by atoms with Crippen molar-refractivity contribution in [3.8, 4) is 5.75 Å². The van der Waals surface area contributed by atoms with E-state index in [4.69, 9.17) is 9.84 Å². The number of imide groups is 2. The highest BCUT2D eigenvalue weighted by Crippen LogP contribution is 2.37. The van der Waals surface area contributed by atoms with Gasteiger partial charge >= 0.3 is 12.2 Å². The van der Waals surface area contributed by atoms with Crippen LogP contribution in [0.3, 0.4) is 0 Å². The van der Waals surface area contributed by atoms with Crippen molar-refractivity contribution in [1.82, 2.24) is 30.0 Å². The van der Waals surface area contributed by atoms with Crippen LogP contribution in [0.1, 0.15) is 74.8 Å². The number of alkyl halides is 3. The summed E-state index contributed by atoms with van der Waals surface area (Å²) in [5, 5.41) is 11.8. The zero-order chi connectivity index (χ0) is 40.2. The number of hydrogen-bond donors (Lipinski definition) is 2. The Hall–Kier alpha value is -6.04. The molecule has 2 N–H and O–H groups in total. The number of halogens is 4. The summed E-state index contributed by atoms with van der Waals surface area (Å²) in [7, 11) is 1.44. The first kappa shape index (κ1) is 37.9. The molecule has 0 radical (unpaired) electrons. The van der Waals surface area contributed by atoms with Crippen LogP contribution in [0.2, 0.25) is 0 Å². The van der Waals surface area contributed by atoms with Crippen LogP contribution in [0.4, 0.5) is 33.7 Å². The maximum absolute atomic E-state index is 15.4. The first-order chi connectivity index (χ1) is 27.3. The maximum atomic E-state index is 15.4. The number of amides is 6. The summed E-state index contributed by atoms with van der Waals surface area (Å²) in [6, 6.07) is 9.30. The number of nitrogens with zero attached hydrogens (tertiary/aromatic N) is 6. The van der Waals surface area contributed by atoms with Gasteiger partial charge in [0.1, 0.15) is 11.6 Å². The Kier molecular flexibility index (Phi) is 9.83. The minimum atomic E-state index is -4.58. The third kappa shape index (κ3) is 7.36. The molecule has 0 unspecified atom stereocenters. The Morgan fingerprint density at radius 3 is 2.33 bits per heavy atom. The molecule has 1 saturated carbocycles. The van der Waals surface area contributed by atoms with Gasteiger partial charge in [-0.2, -0.15) is 23.3 Å². The Morgan fingerprint density at radius 2 is 1.65 bits per heavy atom. The molecule has 298 valence electrons. The second-order valence-electron chi connectivity index (χ2n) is 14.7. The van der Waals surface area contributed by atoms with E-state index in [1.807, 2.05) is 15.8 Å². The lowest BCUT2D eigenvalue weighted by atomic mass is 9.85. The number of anilines is 2. The lowest BCUT2D eigenvalue weighted by molar-refractivity contribution is -0.137. The predicted molar refractivity (Wildman–Crippen MR) is 197 cm³/mol. The highest BCUT2D eigenvalue weighted by molar-refractivity contribution is 6.22. The van der Waals surface area contributed by atoms with Gasteiger partial charge in [-0.3, -0.25) is 34.1 Å². The van der Waals surface area contributed by atoms with Crippen molar-refractivity contribution < 1.29 is 46.3 Å². The van der Waals surface area contributed by atoms with Crippen LogP contribution < -0.4 is 20.3 Å². The summed E-state index contributed by atoms with van der Waals surface area (Å²) in [5.74, 6) is -2.64. The van der Waals surface area contributed by atoms with Crippen molar-refractivity contribution in [3.05, 3.63) is 82.8 Å². The van der Waals surface area contributed by atoms with Gasteiger partial charge in [-0.1, -0.05) is 6.07 Å². The molecule has 18 heteroatoms. The number of benzene rings is 3. The Labute approximate surface area is 323 Å². The number of aromatic nitrogens is 2. The molecule has 3 fully saturated rings. The maximum Gasteiger partial charge on any atom is 0.416 e. The van der Waals surface area contributed by atoms with E-state index in [-0.39, 0.29) is 41.4 Å². The van der Waals surface area contributed by atoms with Crippen LogP contribution in [0.5, 0.6) is 5.75 Å². The molecular weight excluding hydrogens is 752 g/mol. The molecule has 0 spiro atoms. The Balaban J connectivity index is 0.854. The number of rotatable bonds is 8. The lowest BCUT2D eigenvalue weighted by Crippen LogP contribution is -2.58. The highest BCUT2D eigenvalue weighted by Gasteiger charge is 2.44. The predicted octanol–water partition coefficient (Wildman–Crippen LogP) is 5.46. The standard InChI is InChI=1S/C39H38F4N8O6/c1-57-33-19-30-24(16-31(33)44-35(53)23-3-2-4-25(15-23)39(41,42)43)21-49(46-30)26-7-5-22(6-8-26)20-47-11-13-48(14-12-47)32-18-28-27(17-29(32)40)36(54)51(37(28)55)50-10-9-34(52)45-38(50)56/h2-4,15-19,21-22,26H,5-14,20H2,1H3,(H,44,53)(H,45,52,56). The number of fused-ring (bicyclic) bond motifs is 2. The van der Waals surface area contributed by atoms with Gasteiger partial charge in [-0.25, -0.2) is 14.2 Å². The van der Waals surface area contributed by atoms with Gasteiger partial charge in [0.25, 0.3) is 17.7 Å². The quantitative estimate of drug-likeness (QED) is 0.175. The van der Waals surface area contributed by atoms with Gasteiger partial charge in [-0.15, -0.1) is 0 Å². The van der Waals surface area contributed by atoms with E-state index < -0.39 is 47.2 Å². The SMILES string of the molecule is COc1cc2nn(C3CCC(CN4CCN(c5cc6c(cc5F)C(=O)N(N5CCC(=O)NC5=O)C6=O)CC4)CC3)cc2cc1NC(=O)c1cccc(C(F)(F)F)c1. The fraction of sp³-hybridized carbons (Fsp3) is 0.385. The third-order valence-electron chi connectivity index (χ3n) is 11.2. The molecule has 14 nitrogen and oxygen atoms in total. The molecule has 4 heterocycles. The van der Waals surface area contributed by atoms with Crippen LogP contribution in [-0.4, -0.2) is 101 Å². The third-order valence-corrected chi connectivity index (χ3v) is 11.2. The van der Waals surface area contributed by atoms with E-state index in [2.05, 4.69) is 15.5 Å². The lowest BCUT2D eigenvalue weighted by Gasteiger charge is -2.39. The number of carbonyl (C=O) groups excluding carboxylic acids is 5. The summed E-state index contributed by atoms with van der Waals surface area (Å²) >= 11 is 0. The van der Waals surface area contributed by atoms with Crippen molar-refractivity contribution in [2.45, 2.75) is 44.3 Å². The van der Waals surface area contributed by atoms with E-state index in [1.165, 1.54) is 25.3 Å². The summed E-state index contributed by atoms with van der Waals surface area (Å²) in [4.78, 5) is 67.4. The molecule has 57 heavy (non-hydrogen) atoms. The van der Waals surface area contributed by atoms with E-state index in [1.54, 1.807) is 12.1 Å². The number of hydrazine groups is 1. The Bertz CT molecular complexity index is 2300. The first-order valence-corrected chi connectivity index (χ1v) is 18.6. The van der Waals surface area contributed by atoms with Crippen LogP contribution in [-0.2, 0) is 11.0 Å². The minimum absolute atomic E-state index is 0.00532. The second-order valence-corrected chi connectivity index (χ2v) is 14.7. The molecule has 2 saturated heterocycles. The molecule has 1 aliphatic carbocycles. The molecule has 0 atom stereocenters. The van der Waals surface area contributed by atoms with Gasteiger partial charge in [0.2, 0.25) is 5.91 Å². The van der Waals surface area contributed by atoms with Gasteiger partial charge in [-0.05, 0) is 68.0 Å². The Morgan fingerprint density at radius 1 is 0.930 bits per heavy atom. The van der Waals surface area contributed by atoms with Gasteiger partial charge in [0, 0.05) is 62.4 Å². The summed E-state index contributed by atoms with van der Waals surface area (Å²) in [6.45, 7) is 3.11. The van der Waals surface area contributed by atoms with E-state index in [0.717, 1.165) is 60.8 Å². The largest absolute Gasteiger partial charge is 0.494 e. The fourth-order valence-electron chi connectivity index (χ4n) is 8.13. The average Bonchev–Trinajstić information content (AvgIpc) is 3.71. The van der Waals surface area contributed by atoms with Crippen molar-refractivity contribution >= 4 is 51.9 Å². The first-order valence-electron chi connectivity index (χ1n) is 18.6. The normalized spacial score (nSPS) is 20.6. The van der Waals surface area contributed by atoms with Crippen LogP contribution in [0.25, 0.3) is 10.9 Å². The molecule has 8 rings (SSSR count). The smallest absolute Gasteiger partial charge is 0.416 e. The molecule has 4 aromatic rings. The average molecular weight is 791 g/mol. The number of urea groups is 1. The van der Waals surface area contributed by atoms with Crippen molar-refractivity contribution in [2.24, 2.45) is 5.92 Å². The number of hydrogen-bond acceptors (Lipinski definition) is 9. The number of methoxy groups -OCH3 is 1. The monoisotopic (exact) mass is 790 g/mol. The van der Waals surface area contributed by atoms with Crippen LogP contribution in [0.15, 0.2) is 54.7 Å². The second kappa shape index (κ2) is 14.8. The van der Waals surface area contributed by atoms with Gasteiger partial charge in [0.15, 0.2) is 0 Å². The number of carbonyl (C=O) groups is 5. The number of ether oxygens (including phenoxy) is 1. The summed E-state index contributed by atoms with van der Waals surface area (Å²) in [6.07, 6.45) is 0.988. The summed E-state index contributed by atoms with van der Waals surface area (Å²) < 4.78 is 62.5. The molecule has 3 aliphatic heterocycles. The minimum Gasteiger partial charge on any atom is -0.494 e. The van der Waals surface area contributed by atoms with Gasteiger partial charge in [0.05, 0.1) is 53.3 Å². The topological polar surface area (TPSA) is 149 Å². The molecule has 3 aromatic carbocycles. The van der Waals surface area contributed by atoms with Crippen molar-refractivity contribution in [3.63, 3.8) is 0 Å². The molecule has 6 amide bonds. The molecular formula is C39H38F4N8O6. The van der Waals surface area contributed by atoms with Crippen molar-refractivity contribution in [1.29, 1.82) is 0 Å². The van der Waals surface area contributed by atoms with Gasteiger partial charge < -0.3 is 15.0 Å². The number of nitrogens with one attached hydrogen (secondary N) is 2. The number of piperazine rings is 1. The van der Waals surface area contributed by atoms with E-state index in [9.17, 15) is 37.1 Å². The summed E-state index contributed by atoms with van der Waals surface area (Å²) in [5.41, 5.74) is 0.00794. The fourth-order valence-corrected chi connectivity index (χ4v) is 8.13. The highest BCUT2D eigenvalue weighted by atomic mass is 19.4. The van der Waals surface area contributed by atoms with Crippen molar-refractivity contribution in [2.75, 3.05) is 56.6 Å². The van der Waals surface area contributed by atoms with Crippen LogP contribution >= 0.6 is 0 Å². The van der Waals surface area contributed by atoms with E-state index in [0.29, 0.717) is 54.1 Å². The zero-order valence-electron chi connectivity index (χ0n) is 30.8. The molecule has 1 aromatic heterocycles. The zero-order valence-corrected chi connectivity index (χ0v) is 30.8.